The van der Waals surface area contributed by atoms with Crippen LogP contribution in [0.3, 0.4) is 0 Å². The van der Waals surface area contributed by atoms with E-state index in [1.165, 1.54) is 11.8 Å². The molecule has 1 unspecified atom stereocenters. The largest absolute Gasteiger partial charge is 0.293 e. The molecule has 1 aromatic heterocycles. The minimum Gasteiger partial charge on any atom is -0.293 e. The van der Waals surface area contributed by atoms with E-state index in [1.54, 1.807) is 32.1 Å². The Kier molecular flexibility index (Phi) is 9.43. The molecular formula is C31H36N4O3S3. The minimum atomic E-state index is -3.64. The van der Waals surface area contributed by atoms with E-state index < -0.39 is 10.0 Å². The van der Waals surface area contributed by atoms with E-state index >= 15 is 0 Å². The first kappa shape index (κ1) is 29.7. The van der Waals surface area contributed by atoms with E-state index in [1.807, 2.05) is 48.7 Å². The highest BCUT2D eigenvalue weighted by molar-refractivity contribution is 8.26. The summed E-state index contributed by atoms with van der Waals surface area (Å²) < 4.78 is 31.1. The Balaban J connectivity index is 1.51. The number of benzene rings is 2. The van der Waals surface area contributed by atoms with Crippen LogP contribution < -0.4 is 0 Å². The predicted octanol–water partition coefficient (Wildman–Crippen LogP) is 6.74. The molecule has 3 aromatic rings. The summed E-state index contributed by atoms with van der Waals surface area (Å²) in [5, 5.41) is 4.87. The number of sulfonamides is 1. The smallest absolute Gasteiger partial charge is 0.266 e. The highest BCUT2D eigenvalue weighted by atomic mass is 32.2. The second kappa shape index (κ2) is 13.0. The van der Waals surface area contributed by atoms with Crippen LogP contribution in [0.1, 0.15) is 57.9 Å². The van der Waals surface area contributed by atoms with Crippen molar-refractivity contribution in [3.8, 4) is 16.9 Å². The van der Waals surface area contributed by atoms with Gasteiger partial charge in [0.2, 0.25) is 10.0 Å². The molecular weight excluding hydrogens is 573 g/mol. The standard InChI is InChI=1S/C31H36N4O3S3/c1-3-4-5-9-18-34-30(36)28(40-31(34)39)20-25-22-35(26-14-7-6-8-15-26)32-29(25)24-13-10-16-27(19-24)41(37,38)33-17-11-12-23(2)21-33/h6-8,10,13-16,19-20,22-23H,3-5,9,11-12,17-18,21H2,1-2H3. The maximum absolute atomic E-state index is 13.6. The van der Waals surface area contributed by atoms with Gasteiger partial charge in [0.05, 0.1) is 15.5 Å². The number of thioether (sulfide) groups is 1. The molecule has 0 aliphatic carbocycles. The van der Waals surface area contributed by atoms with Gasteiger partial charge in [0.1, 0.15) is 10.0 Å². The molecule has 2 fully saturated rings. The van der Waals surface area contributed by atoms with Crippen molar-refractivity contribution in [2.24, 2.45) is 5.92 Å². The number of carbonyl (C=O) groups excluding carboxylic acids is 1. The molecule has 216 valence electrons. The Bertz CT molecular complexity index is 1550. The van der Waals surface area contributed by atoms with Crippen molar-refractivity contribution < 1.29 is 13.2 Å². The number of aromatic nitrogens is 2. The highest BCUT2D eigenvalue weighted by Gasteiger charge is 2.32. The second-order valence-corrected chi connectivity index (χ2v) is 14.4. The number of unbranched alkanes of at least 4 members (excludes halogenated alkanes) is 3. The maximum atomic E-state index is 13.6. The van der Waals surface area contributed by atoms with Crippen LogP contribution in [-0.4, -0.2) is 57.3 Å². The van der Waals surface area contributed by atoms with Crippen molar-refractivity contribution >= 4 is 50.3 Å². The molecule has 0 radical (unpaired) electrons. The predicted molar refractivity (Wildman–Crippen MR) is 170 cm³/mol. The van der Waals surface area contributed by atoms with E-state index in [0.717, 1.165) is 49.8 Å². The Morgan fingerprint density at radius 2 is 1.90 bits per heavy atom. The molecule has 7 nitrogen and oxygen atoms in total. The first-order valence-corrected chi connectivity index (χ1v) is 17.0. The van der Waals surface area contributed by atoms with Gasteiger partial charge in [-0.15, -0.1) is 0 Å². The average molecular weight is 609 g/mol. The summed E-state index contributed by atoms with van der Waals surface area (Å²) in [5.74, 6) is 0.241. The average Bonchev–Trinajstić information content (AvgIpc) is 3.52. The van der Waals surface area contributed by atoms with Gasteiger partial charge in [0, 0.05) is 37.0 Å². The molecule has 2 aliphatic heterocycles. The lowest BCUT2D eigenvalue weighted by Crippen LogP contribution is -2.39. The number of para-hydroxylation sites is 1. The molecule has 2 saturated heterocycles. The third-order valence-electron chi connectivity index (χ3n) is 7.52. The number of hydrogen-bond acceptors (Lipinski definition) is 6. The van der Waals surface area contributed by atoms with Gasteiger partial charge in [0.15, 0.2) is 0 Å². The molecule has 0 N–H and O–H groups in total. The van der Waals surface area contributed by atoms with Gasteiger partial charge in [0.25, 0.3) is 5.91 Å². The first-order chi connectivity index (χ1) is 19.8. The van der Waals surface area contributed by atoms with Gasteiger partial charge in [-0.2, -0.15) is 9.40 Å². The normalized spacial score (nSPS) is 19.4. The van der Waals surface area contributed by atoms with Crippen LogP contribution in [-0.2, 0) is 14.8 Å². The minimum absolute atomic E-state index is 0.0922. The lowest BCUT2D eigenvalue weighted by molar-refractivity contribution is -0.122. The summed E-state index contributed by atoms with van der Waals surface area (Å²) in [7, 11) is -3.64. The van der Waals surface area contributed by atoms with Crippen LogP contribution in [0.4, 0.5) is 0 Å². The molecule has 2 aliphatic rings. The van der Waals surface area contributed by atoms with Gasteiger partial charge in [-0.3, -0.25) is 9.69 Å². The fraction of sp³-hybridized carbons (Fsp3) is 0.387. The van der Waals surface area contributed by atoms with Crippen LogP contribution in [0.15, 0.2) is 70.6 Å². The van der Waals surface area contributed by atoms with E-state index in [9.17, 15) is 13.2 Å². The summed E-state index contributed by atoms with van der Waals surface area (Å²) in [6, 6.07) is 16.7. The zero-order valence-corrected chi connectivity index (χ0v) is 26.0. The molecule has 41 heavy (non-hydrogen) atoms. The van der Waals surface area contributed by atoms with E-state index in [2.05, 4.69) is 13.8 Å². The van der Waals surface area contributed by atoms with Crippen molar-refractivity contribution in [2.75, 3.05) is 19.6 Å². The second-order valence-electron chi connectivity index (χ2n) is 10.7. The number of nitrogens with zero attached hydrogens (tertiary/aromatic N) is 4. The van der Waals surface area contributed by atoms with E-state index in [4.69, 9.17) is 17.3 Å². The number of hydrogen-bond donors (Lipinski definition) is 0. The molecule has 0 bridgehead atoms. The Morgan fingerprint density at radius 1 is 1.10 bits per heavy atom. The summed E-state index contributed by atoms with van der Waals surface area (Å²) >= 11 is 6.87. The Morgan fingerprint density at radius 3 is 2.66 bits per heavy atom. The molecule has 0 spiro atoms. The highest BCUT2D eigenvalue weighted by Crippen LogP contribution is 2.36. The molecule has 2 aromatic carbocycles. The zero-order valence-electron chi connectivity index (χ0n) is 23.5. The third-order valence-corrected chi connectivity index (χ3v) is 10.8. The lowest BCUT2D eigenvalue weighted by atomic mass is 10.0. The van der Waals surface area contributed by atoms with Gasteiger partial charge in [-0.25, -0.2) is 13.1 Å². The van der Waals surface area contributed by atoms with Gasteiger partial charge in [-0.1, -0.05) is 87.4 Å². The molecule has 1 amide bonds. The van der Waals surface area contributed by atoms with Crippen LogP contribution in [0.25, 0.3) is 23.0 Å². The summed E-state index contributed by atoms with van der Waals surface area (Å²) in [6.45, 7) is 5.93. The third kappa shape index (κ3) is 6.66. The van der Waals surface area contributed by atoms with Crippen LogP contribution in [0.5, 0.6) is 0 Å². The molecule has 1 atom stereocenters. The van der Waals surface area contributed by atoms with Crippen molar-refractivity contribution in [3.63, 3.8) is 0 Å². The quantitative estimate of drug-likeness (QED) is 0.144. The van der Waals surface area contributed by atoms with E-state index in [-0.39, 0.29) is 10.8 Å². The number of carbonyl (C=O) groups is 1. The topological polar surface area (TPSA) is 75.5 Å². The van der Waals surface area contributed by atoms with Crippen LogP contribution in [0, 0.1) is 5.92 Å². The number of rotatable bonds is 10. The molecule has 5 rings (SSSR count). The van der Waals surface area contributed by atoms with Crippen molar-refractivity contribution in [1.29, 1.82) is 0 Å². The SMILES string of the molecule is CCCCCCN1C(=O)C(=Cc2cn(-c3ccccc3)nc2-c2cccc(S(=O)(=O)N3CCCC(C)C3)c2)SC1=S. The fourth-order valence-electron chi connectivity index (χ4n) is 5.28. The lowest BCUT2D eigenvalue weighted by Gasteiger charge is -2.30. The molecule has 10 heteroatoms. The van der Waals surface area contributed by atoms with Crippen molar-refractivity contribution in [2.45, 2.75) is 57.3 Å². The maximum Gasteiger partial charge on any atom is 0.266 e. The van der Waals surface area contributed by atoms with Crippen LogP contribution >= 0.6 is 24.0 Å². The Hall–Kier alpha value is -2.79. The van der Waals surface area contributed by atoms with Gasteiger partial charge in [-0.05, 0) is 55.5 Å². The van der Waals surface area contributed by atoms with Crippen molar-refractivity contribution in [1.82, 2.24) is 19.0 Å². The number of amides is 1. The zero-order chi connectivity index (χ0) is 29.0. The summed E-state index contributed by atoms with van der Waals surface area (Å²) in [6.07, 6.45) is 9.87. The summed E-state index contributed by atoms with van der Waals surface area (Å²) in [5.41, 5.74) is 2.86. The Labute approximate surface area is 252 Å². The van der Waals surface area contributed by atoms with Gasteiger partial charge < -0.3 is 0 Å². The summed E-state index contributed by atoms with van der Waals surface area (Å²) in [4.78, 5) is 15.8. The van der Waals surface area contributed by atoms with E-state index in [0.29, 0.717) is 46.0 Å². The van der Waals surface area contributed by atoms with Crippen LogP contribution in [0.2, 0.25) is 0 Å². The first-order valence-electron chi connectivity index (χ1n) is 14.3. The monoisotopic (exact) mass is 608 g/mol. The number of piperidine rings is 1. The van der Waals surface area contributed by atoms with Gasteiger partial charge >= 0.3 is 0 Å². The van der Waals surface area contributed by atoms with Crippen molar-refractivity contribution in [3.05, 3.63) is 71.3 Å². The number of thiocarbonyl (C=S) groups is 1. The molecule has 3 heterocycles. The molecule has 0 saturated carbocycles. The fourth-order valence-corrected chi connectivity index (χ4v) is 8.22.